The normalized spacial score (nSPS) is 16.0. The quantitative estimate of drug-likeness (QED) is 0.755. The van der Waals surface area contributed by atoms with E-state index in [4.69, 9.17) is 0 Å². The number of rotatable bonds is 6. The lowest BCUT2D eigenvalue weighted by Gasteiger charge is -2.34. The summed E-state index contributed by atoms with van der Waals surface area (Å²) >= 11 is 0. The Morgan fingerprint density at radius 3 is 2.31 bits per heavy atom. The second kappa shape index (κ2) is 9.37. The number of hydrogen-bond donors (Lipinski definition) is 2. The molecule has 0 spiro atoms. The van der Waals surface area contributed by atoms with Crippen LogP contribution in [0.4, 0.5) is 10.5 Å². The minimum absolute atomic E-state index is 0.309. The molecule has 0 atom stereocenters. The summed E-state index contributed by atoms with van der Waals surface area (Å²) in [6.07, 6.45) is 4.64. The Morgan fingerprint density at radius 1 is 1.10 bits per heavy atom. The van der Waals surface area contributed by atoms with Gasteiger partial charge in [0.1, 0.15) is 0 Å². The number of sulfone groups is 1. The monoisotopic (exact) mass is 416 g/mol. The van der Waals surface area contributed by atoms with Gasteiger partial charge in [0.15, 0.2) is 9.84 Å². The second-order valence-corrected chi connectivity index (χ2v) is 9.79. The maximum absolute atomic E-state index is 12.9. The van der Waals surface area contributed by atoms with Crippen LogP contribution in [0.1, 0.15) is 32.3 Å². The summed E-state index contributed by atoms with van der Waals surface area (Å²) in [5.41, 5.74) is 1.49. The topological polar surface area (TPSA) is 91.4 Å². The molecule has 1 aliphatic rings. The molecule has 3 rings (SSSR count). The molecule has 1 saturated heterocycles. The van der Waals surface area contributed by atoms with Gasteiger partial charge in [0, 0.05) is 30.7 Å². The highest BCUT2D eigenvalue weighted by Crippen LogP contribution is 2.26. The van der Waals surface area contributed by atoms with E-state index >= 15 is 0 Å². The number of piperidine rings is 1. The molecule has 0 aliphatic carbocycles. The van der Waals surface area contributed by atoms with Crippen molar-refractivity contribution >= 4 is 21.6 Å². The molecule has 0 radical (unpaired) electrons. The lowest BCUT2D eigenvalue weighted by molar-refractivity contribution is 0.186. The zero-order valence-corrected chi connectivity index (χ0v) is 17.7. The fourth-order valence-electron chi connectivity index (χ4n) is 3.48. The van der Waals surface area contributed by atoms with E-state index in [9.17, 15) is 13.2 Å². The molecule has 1 fully saturated rings. The predicted octanol–water partition coefficient (Wildman–Crippen LogP) is 3.05. The molecule has 2 heterocycles. The molecule has 156 valence electrons. The number of amides is 2. The number of carbonyl (C=O) groups is 1. The third-order valence-corrected chi connectivity index (χ3v) is 7.57. The number of hydrogen-bond acceptors (Lipinski definition) is 5. The second-order valence-electron chi connectivity index (χ2n) is 7.56. The van der Waals surface area contributed by atoms with Gasteiger partial charge in [-0.2, -0.15) is 0 Å². The van der Waals surface area contributed by atoms with Crippen LogP contribution in [0.25, 0.3) is 0 Å². The van der Waals surface area contributed by atoms with Crippen LogP contribution >= 0.6 is 0 Å². The summed E-state index contributed by atoms with van der Waals surface area (Å²) in [7, 11) is -3.36. The minimum Gasteiger partial charge on any atom is -0.334 e. The fraction of sp³-hybridized carbons (Fsp3) is 0.429. The molecule has 2 aromatic rings. The highest BCUT2D eigenvalue weighted by Gasteiger charge is 2.31. The van der Waals surface area contributed by atoms with Crippen molar-refractivity contribution in [1.29, 1.82) is 0 Å². The summed E-state index contributed by atoms with van der Waals surface area (Å²) in [5, 5.41) is 5.13. The Bertz CT molecular complexity index is 907. The first-order chi connectivity index (χ1) is 13.9. The van der Waals surface area contributed by atoms with E-state index < -0.39 is 9.84 Å². The SMILES string of the molecule is CC(C)N1CCC(S(=O)(=O)c2ccc(NC(=O)NCc3ccncc3)cc2)CC1. The molecule has 7 nitrogen and oxygen atoms in total. The number of likely N-dealkylation sites (tertiary alicyclic amines) is 1. The maximum atomic E-state index is 12.9. The summed E-state index contributed by atoms with van der Waals surface area (Å²) < 4.78 is 25.9. The molecule has 0 bridgehead atoms. The van der Waals surface area contributed by atoms with Gasteiger partial charge in [-0.15, -0.1) is 0 Å². The molecule has 2 amide bonds. The first kappa shape index (κ1) is 21.3. The van der Waals surface area contributed by atoms with Crippen LogP contribution in [-0.2, 0) is 16.4 Å². The standard InChI is InChI=1S/C21H28N4O3S/c1-16(2)25-13-9-20(10-14-25)29(27,28)19-5-3-18(4-6-19)24-21(26)23-15-17-7-11-22-12-8-17/h3-8,11-12,16,20H,9-10,13-15H2,1-2H3,(H2,23,24,26). The lowest BCUT2D eigenvalue weighted by Crippen LogP contribution is -2.42. The maximum Gasteiger partial charge on any atom is 0.319 e. The van der Waals surface area contributed by atoms with Crippen molar-refractivity contribution in [1.82, 2.24) is 15.2 Å². The van der Waals surface area contributed by atoms with Gasteiger partial charge < -0.3 is 15.5 Å². The van der Waals surface area contributed by atoms with Crippen molar-refractivity contribution in [2.75, 3.05) is 18.4 Å². The summed E-state index contributed by atoms with van der Waals surface area (Å²) in [4.78, 5) is 18.6. The van der Waals surface area contributed by atoms with Gasteiger partial charge in [0.25, 0.3) is 0 Å². The van der Waals surface area contributed by atoms with E-state index in [2.05, 4.69) is 34.4 Å². The molecule has 0 saturated carbocycles. The molecule has 2 N–H and O–H groups in total. The fourth-order valence-corrected chi connectivity index (χ4v) is 5.21. The van der Waals surface area contributed by atoms with Crippen LogP contribution in [-0.4, -0.2) is 48.7 Å². The smallest absolute Gasteiger partial charge is 0.319 e. The highest BCUT2D eigenvalue weighted by molar-refractivity contribution is 7.92. The molecule has 1 aromatic heterocycles. The van der Waals surface area contributed by atoms with Crippen LogP contribution in [0.2, 0.25) is 0 Å². The van der Waals surface area contributed by atoms with Crippen LogP contribution < -0.4 is 10.6 Å². The first-order valence-corrected chi connectivity index (χ1v) is 11.4. The molecule has 0 unspecified atom stereocenters. The van der Waals surface area contributed by atoms with Crippen molar-refractivity contribution in [3.05, 3.63) is 54.4 Å². The zero-order chi connectivity index (χ0) is 20.9. The summed E-state index contributed by atoms with van der Waals surface area (Å²) in [6, 6.07) is 10.1. The number of nitrogens with zero attached hydrogens (tertiary/aromatic N) is 2. The number of carbonyl (C=O) groups excluding carboxylic acids is 1. The van der Waals surface area contributed by atoms with Crippen molar-refractivity contribution < 1.29 is 13.2 Å². The largest absolute Gasteiger partial charge is 0.334 e. The molecule has 29 heavy (non-hydrogen) atoms. The van der Waals surface area contributed by atoms with E-state index in [0.717, 1.165) is 18.7 Å². The molecule has 1 aliphatic heterocycles. The number of pyridine rings is 1. The zero-order valence-electron chi connectivity index (χ0n) is 16.8. The van der Waals surface area contributed by atoms with Crippen LogP contribution in [0.5, 0.6) is 0 Å². The molecular weight excluding hydrogens is 388 g/mol. The van der Waals surface area contributed by atoms with E-state index in [1.807, 2.05) is 12.1 Å². The number of urea groups is 1. The van der Waals surface area contributed by atoms with Crippen LogP contribution in [0.15, 0.2) is 53.7 Å². The van der Waals surface area contributed by atoms with Gasteiger partial charge in [-0.25, -0.2) is 13.2 Å². The molecule has 8 heteroatoms. The summed E-state index contributed by atoms with van der Waals surface area (Å²) in [5.74, 6) is 0. The Kier molecular flexibility index (Phi) is 6.87. The van der Waals surface area contributed by atoms with Gasteiger partial charge >= 0.3 is 6.03 Å². The van der Waals surface area contributed by atoms with Crippen molar-refractivity contribution in [3.8, 4) is 0 Å². The Hall–Kier alpha value is -2.45. The van der Waals surface area contributed by atoms with Gasteiger partial charge in [-0.05, 0) is 81.7 Å². The first-order valence-electron chi connectivity index (χ1n) is 9.88. The number of aromatic nitrogens is 1. The van der Waals surface area contributed by atoms with Crippen molar-refractivity contribution in [2.45, 2.75) is 49.4 Å². The van der Waals surface area contributed by atoms with Crippen LogP contribution in [0, 0.1) is 0 Å². The van der Waals surface area contributed by atoms with Crippen LogP contribution in [0.3, 0.4) is 0 Å². The lowest BCUT2D eigenvalue weighted by atomic mass is 10.1. The number of nitrogens with one attached hydrogen (secondary N) is 2. The van der Waals surface area contributed by atoms with Crippen molar-refractivity contribution in [3.63, 3.8) is 0 Å². The Morgan fingerprint density at radius 2 is 1.72 bits per heavy atom. The average Bonchev–Trinajstić information content (AvgIpc) is 2.73. The predicted molar refractivity (Wildman–Crippen MR) is 113 cm³/mol. The van der Waals surface area contributed by atoms with Gasteiger partial charge in [-0.3, -0.25) is 4.98 Å². The van der Waals surface area contributed by atoms with E-state index in [1.165, 1.54) is 0 Å². The van der Waals surface area contributed by atoms with Crippen molar-refractivity contribution in [2.24, 2.45) is 0 Å². The average molecular weight is 417 g/mol. The highest BCUT2D eigenvalue weighted by atomic mass is 32.2. The summed E-state index contributed by atoms with van der Waals surface area (Å²) in [6.45, 7) is 6.26. The number of benzene rings is 1. The third kappa shape index (κ3) is 5.55. The molecule has 1 aromatic carbocycles. The van der Waals surface area contributed by atoms with Gasteiger partial charge in [0.05, 0.1) is 10.1 Å². The Balaban J connectivity index is 1.56. The van der Waals surface area contributed by atoms with E-state index in [0.29, 0.717) is 36.0 Å². The Labute approximate surface area is 172 Å². The molecular formula is C21H28N4O3S. The van der Waals surface area contributed by atoms with E-state index in [-0.39, 0.29) is 11.3 Å². The minimum atomic E-state index is -3.36. The number of anilines is 1. The third-order valence-electron chi connectivity index (χ3n) is 5.29. The van der Waals surface area contributed by atoms with E-state index in [1.54, 1.807) is 36.7 Å². The van der Waals surface area contributed by atoms with Gasteiger partial charge in [-0.1, -0.05) is 0 Å². The van der Waals surface area contributed by atoms with Gasteiger partial charge in [0.2, 0.25) is 0 Å².